The standard InChI is InChI=1S/C14H18O/c1-13-7-9-14(10-8-13,15-11-13)12-5-3-2-4-6-12/h2-6H,7-11H2,1H3. The van der Waals surface area contributed by atoms with Gasteiger partial charge in [-0.3, -0.25) is 0 Å². The average molecular weight is 202 g/mol. The highest BCUT2D eigenvalue weighted by Gasteiger charge is 2.48. The van der Waals surface area contributed by atoms with Crippen molar-refractivity contribution in [2.75, 3.05) is 6.61 Å². The fourth-order valence-corrected chi connectivity index (χ4v) is 2.97. The molecule has 0 aromatic heterocycles. The Hall–Kier alpha value is -0.820. The highest BCUT2D eigenvalue weighted by Crippen LogP contribution is 2.53. The molecule has 80 valence electrons. The SMILES string of the molecule is CC12CCC(c3ccccc3)(CC1)OC2. The van der Waals surface area contributed by atoms with E-state index in [9.17, 15) is 0 Å². The monoisotopic (exact) mass is 202 g/mol. The minimum absolute atomic E-state index is 0.0546. The van der Waals surface area contributed by atoms with Crippen molar-refractivity contribution in [2.45, 2.75) is 38.2 Å². The van der Waals surface area contributed by atoms with Gasteiger partial charge in [0.1, 0.15) is 0 Å². The van der Waals surface area contributed by atoms with E-state index in [1.807, 2.05) is 0 Å². The van der Waals surface area contributed by atoms with Gasteiger partial charge in [0.25, 0.3) is 0 Å². The highest BCUT2D eigenvalue weighted by atomic mass is 16.5. The van der Waals surface area contributed by atoms with Gasteiger partial charge in [-0.2, -0.15) is 0 Å². The van der Waals surface area contributed by atoms with Gasteiger partial charge in [0.2, 0.25) is 0 Å². The molecule has 0 spiro atoms. The van der Waals surface area contributed by atoms with Gasteiger partial charge in [0, 0.05) is 0 Å². The lowest BCUT2D eigenvalue weighted by atomic mass is 9.65. The van der Waals surface area contributed by atoms with E-state index >= 15 is 0 Å². The van der Waals surface area contributed by atoms with Crippen molar-refractivity contribution in [3.05, 3.63) is 35.9 Å². The smallest absolute Gasteiger partial charge is 0.0932 e. The molecule has 0 atom stereocenters. The maximum atomic E-state index is 6.15. The second-order valence-electron chi connectivity index (χ2n) is 5.46. The molecule has 4 rings (SSSR count). The maximum absolute atomic E-state index is 6.15. The topological polar surface area (TPSA) is 9.23 Å². The maximum Gasteiger partial charge on any atom is 0.0932 e. The zero-order chi connectivity index (χ0) is 10.4. The molecule has 1 aromatic carbocycles. The third-order valence-electron chi connectivity index (χ3n) is 4.26. The Bertz CT molecular complexity index is 330. The number of rotatable bonds is 1. The molecule has 2 saturated heterocycles. The number of ether oxygens (including phenoxy) is 1. The van der Waals surface area contributed by atoms with Crippen LogP contribution in [0.25, 0.3) is 0 Å². The van der Waals surface area contributed by atoms with Crippen LogP contribution in [-0.2, 0) is 10.3 Å². The van der Waals surface area contributed by atoms with Crippen molar-refractivity contribution in [3.63, 3.8) is 0 Å². The van der Waals surface area contributed by atoms with Crippen LogP contribution in [0.3, 0.4) is 0 Å². The van der Waals surface area contributed by atoms with E-state index in [-0.39, 0.29) is 5.60 Å². The van der Waals surface area contributed by atoms with Gasteiger partial charge in [0.05, 0.1) is 12.2 Å². The van der Waals surface area contributed by atoms with E-state index in [2.05, 4.69) is 37.3 Å². The lowest BCUT2D eigenvalue weighted by molar-refractivity contribution is -0.183. The Morgan fingerprint density at radius 2 is 1.67 bits per heavy atom. The molecule has 1 saturated carbocycles. The van der Waals surface area contributed by atoms with Crippen LogP contribution in [0, 0.1) is 5.41 Å². The minimum atomic E-state index is 0.0546. The molecule has 0 N–H and O–H groups in total. The molecule has 2 heterocycles. The molecule has 1 aliphatic carbocycles. The molecule has 2 aliphatic heterocycles. The number of fused-ring (bicyclic) bond motifs is 3. The van der Waals surface area contributed by atoms with E-state index in [4.69, 9.17) is 4.74 Å². The van der Waals surface area contributed by atoms with E-state index in [1.165, 1.54) is 31.2 Å². The van der Waals surface area contributed by atoms with Gasteiger partial charge in [0.15, 0.2) is 0 Å². The van der Waals surface area contributed by atoms with Crippen LogP contribution in [0.15, 0.2) is 30.3 Å². The number of benzene rings is 1. The Morgan fingerprint density at radius 3 is 2.20 bits per heavy atom. The number of hydrogen-bond donors (Lipinski definition) is 0. The summed E-state index contributed by atoms with van der Waals surface area (Å²) in [6.45, 7) is 3.31. The van der Waals surface area contributed by atoms with E-state index in [0.29, 0.717) is 5.41 Å². The van der Waals surface area contributed by atoms with Crippen molar-refractivity contribution in [3.8, 4) is 0 Å². The second-order valence-corrected chi connectivity index (χ2v) is 5.46. The Kier molecular flexibility index (Phi) is 1.93. The number of hydrogen-bond acceptors (Lipinski definition) is 1. The van der Waals surface area contributed by atoms with Gasteiger partial charge in [-0.25, -0.2) is 0 Å². The summed E-state index contributed by atoms with van der Waals surface area (Å²) in [5.74, 6) is 0. The van der Waals surface area contributed by atoms with Crippen LogP contribution in [0.1, 0.15) is 38.2 Å². The molecule has 1 aromatic rings. The summed E-state index contributed by atoms with van der Waals surface area (Å²) in [6, 6.07) is 10.8. The summed E-state index contributed by atoms with van der Waals surface area (Å²) in [5.41, 5.74) is 1.90. The molecule has 3 aliphatic rings. The summed E-state index contributed by atoms with van der Waals surface area (Å²) < 4.78 is 6.15. The average Bonchev–Trinajstić information content (AvgIpc) is 2.32. The molecule has 15 heavy (non-hydrogen) atoms. The molecular formula is C14H18O. The first kappa shape index (κ1) is 9.41. The molecule has 2 bridgehead atoms. The summed E-state index contributed by atoms with van der Waals surface area (Å²) in [6.07, 6.45) is 5.05. The predicted octanol–water partition coefficient (Wildman–Crippen LogP) is 3.49. The Labute approximate surface area is 91.5 Å². The molecule has 3 fully saturated rings. The largest absolute Gasteiger partial charge is 0.370 e. The fourth-order valence-electron chi connectivity index (χ4n) is 2.97. The van der Waals surface area contributed by atoms with Crippen LogP contribution < -0.4 is 0 Å². The summed E-state index contributed by atoms with van der Waals surface area (Å²) in [4.78, 5) is 0. The van der Waals surface area contributed by atoms with Crippen LogP contribution in [0.5, 0.6) is 0 Å². The second kappa shape index (κ2) is 3.08. The molecule has 0 unspecified atom stereocenters. The van der Waals surface area contributed by atoms with Crippen molar-refractivity contribution < 1.29 is 4.74 Å². The normalized spacial score (nSPS) is 39.3. The first-order valence-corrected chi connectivity index (χ1v) is 5.92. The van der Waals surface area contributed by atoms with Crippen molar-refractivity contribution >= 4 is 0 Å². The first-order valence-electron chi connectivity index (χ1n) is 5.92. The highest BCUT2D eigenvalue weighted by molar-refractivity contribution is 5.24. The molecule has 0 radical (unpaired) electrons. The van der Waals surface area contributed by atoms with Crippen LogP contribution in [0.4, 0.5) is 0 Å². The van der Waals surface area contributed by atoms with Crippen molar-refractivity contribution in [1.82, 2.24) is 0 Å². The molecular weight excluding hydrogens is 184 g/mol. The summed E-state index contributed by atoms with van der Waals surface area (Å²) in [5, 5.41) is 0. The van der Waals surface area contributed by atoms with Crippen LogP contribution in [0.2, 0.25) is 0 Å². The van der Waals surface area contributed by atoms with E-state index in [1.54, 1.807) is 0 Å². The first-order chi connectivity index (χ1) is 7.23. The Balaban J connectivity index is 1.94. The van der Waals surface area contributed by atoms with E-state index < -0.39 is 0 Å². The zero-order valence-corrected chi connectivity index (χ0v) is 9.33. The molecule has 1 heteroatoms. The van der Waals surface area contributed by atoms with Crippen molar-refractivity contribution in [1.29, 1.82) is 0 Å². The molecule has 1 nitrogen and oxygen atoms in total. The third kappa shape index (κ3) is 1.41. The minimum Gasteiger partial charge on any atom is -0.370 e. The quantitative estimate of drug-likeness (QED) is 0.677. The third-order valence-corrected chi connectivity index (χ3v) is 4.26. The van der Waals surface area contributed by atoms with Gasteiger partial charge in [-0.05, 0) is 36.7 Å². The van der Waals surface area contributed by atoms with Gasteiger partial charge in [-0.1, -0.05) is 37.3 Å². The summed E-state index contributed by atoms with van der Waals surface area (Å²) in [7, 11) is 0. The van der Waals surface area contributed by atoms with Crippen LogP contribution in [-0.4, -0.2) is 6.61 Å². The zero-order valence-electron chi connectivity index (χ0n) is 9.33. The fraction of sp³-hybridized carbons (Fsp3) is 0.571. The van der Waals surface area contributed by atoms with E-state index in [0.717, 1.165) is 6.61 Å². The van der Waals surface area contributed by atoms with Gasteiger partial charge in [-0.15, -0.1) is 0 Å². The lowest BCUT2D eigenvalue weighted by Crippen LogP contribution is -2.47. The van der Waals surface area contributed by atoms with Gasteiger partial charge >= 0.3 is 0 Å². The summed E-state index contributed by atoms with van der Waals surface area (Å²) >= 11 is 0. The van der Waals surface area contributed by atoms with Crippen LogP contribution >= 0.6 is 0 Å². The molecule has 0 amide bonds. The Morgan fingerprint density at radius 1 is 1.00 bits per heavy atom. The predicted molar refractivity (Wildman–Crippen MR) is 60.6 cm³/mol. The van der Waals surface area contributed by atoms with Crippen molar-refractivity contribution in [2.24, 2.45) is 5.41 Å². The lowest BCUT2D eigenvalue weighted by Gasteiger charge is -2.52. The van der Waals surface area contributed by atoms with Gasteiger partial charge < -0.3 is 4.74 Å².